The fourth-order valence-electron chi connectivity index (χ4n) is 2.85. The normalized spacial score (nSPS) is 11.1. The Morgan fingerprint density at radius 3 is 2.22 bits per heavy atom. The van der Waals surface area contributed by atoms with E-state index in [4.69, 9.17) is 0 Å². The van der Waals surface area contributed by atoms with Gasteiger partial charge < -0.3 is 15.5 Å². The molecule has 0 amide bonds. The van der Waals surface area contributed by atoms with Crippen LogP contribution in [0.2, 0.25) is 0 Å². The van der Waals surface area contributed by atoms with Gasteiger partial charge in [-0.1, -0.05) is 39.0 Å². The van der Waals surface area contributed by atoms with E-state index < -0.39 is 0 Å². The molecule has 0 aliphatic heterocycles. The van der Waals surface area contributed by atoms with Crippen molar-refractivity contribution >= 4 is 28.8 Å². The van der Waals surface area contributed by atoms with Crippen LogP contribution >= 0.6 is 0 Å². The second-order valence-electron chi connectivity index (χ2n) is 7.75. The first-order valence-electron chi connectivity index (χ1n) is 9.07. The van der Waals surface area contributed by atoms with Crippen molar-refractivity contribution in [3.8, 4) is 0 Å². The summed E-state index contributed by atoms with van der Waals surface area (Å²) in [6.45, 7) is 6.59. The lowest BCUT2D eigenvalue weighted by Crippen LogP contribution is -2.14. The van der Waals surface area contributed by atoms with Crippen molar-refractivity contribution in [3.05, 3.63) is 66.4 Å². The molecular weight excluding hydrogens is 334 g/mol. The number of nitrogens with zero attached hydrogens (tertiary/aromatic N) is 3. The SMILES string of the molecule is CN(C)c1ccc(Nc2ccnc(Nc3ccccc3C(C)(C)C)n2)cc1. The van der Waals surface area contributed by atoms with Crippen molar-refractivity contribution < 1.29 is 0 Å². The van der Waals surface area contributed by atoms with E-state index in [1.54, 1.807) is 6.20 Å². The average molecular weight is 361 g/mol. The highest BCUT2D eigenvalue weighted by Crippen LogP contribution is 2.30. The van der Waals surface area contributed by atoms with Crippen molar-refractivity contribution in [2.45, 2.75) is 26.2 Å². The third-order valence-electron chi connectivity index (χ3n) is 4.29. The molecule has 2 N–H and O–H groups in total. The fraction of sp³-hybridized carbons (Fsp3) is 0.273. The van der Waals surface area contributed by atoms with Gasteiger partial charge in [0.2, 0.25) is 5.95 Å². The molecule has 0 spiro atoms. The highest BCUT2D eigenvalue weighted by molar-refractivity contribution is 5.64. The first-order chi connectivity index (χ1) is 12.8. The monoisotopic (exact) mass is 361 g/mol. The molecule has 0 atom stereocenters. The molecule has 0 saturated carbocycles. The Hall–Kier alpha value is -3.08. The molecule has 5 nitrogen and oxygen atoms in total. The number of rotatable bonds is 5. The molecule has 2 aromatic carbocycles. The lowest BCUT2D eigenvalue weighted by molar-refractivity contribution is 0.592. The maximum Gasteiger partial charge on any atom is 0.229 e. The predicted molar refractivity (Wildman–Crippen MR) is 115 cm³/mol. The minimum atomic E-state index is 0.0354. The Balaban J connectivity index is 1.79. The molecule has 3 aromatic rings. The lowest BCUT2D eigenvalue weighted by atomic mass is 9.86. The van der Waals surface area contributed by atoms with Gasteiger partial charge in [-0.15, -0.1) is 0 Å². The molecular formula is C22H27N5. The van der Waals surface area contributed by atoms with Crippen LogP contribution in [-0.2, 0) is 5.41 Å². The number of anilines is 5. The Kier molecular flexibility index (Phi) is 5.31. The first kappa shape index (κ1) is 18.7. The summed E-state index contributed by atoms with van der Waals surface area (Å²) in [6.07, 6.45) is 1.76. The molecule has 1 heterocycles. The van der Waals surface area contributed by atoms with E-state index in [-0.39, 0.29) is 5.41 Å². The zero-order valence-electron chi connectivity index (χ0n) is 16.6. The summed E-state index contributed by atoms with van der Waals surface area (Å²) in [5.74, 6) is 1.32. The van der Waals surface area contributed by atoms with Crippen LogP contribution < -0.4 is 15.5 Å². The summed E-state index contributed by atoms with van der Waals surface area (Å²) in [4.78, 5) is 11.0. The van der Waals surface area contributed by atoms with Gasteiger partial charge in [0.25, 0.3) is 0 Å². The van der Waals surface area contributed by atoms with E-state index in [1.807, 2.05) is 38.4 Å². The molecule has 5 heteroatoms. The number of hydrogen-bond acceptors (Lipinski definition) is 5. The molecule has 3 rings (SSSR count). The first-order valence-corrected chi connectivity index (χ1v) is 9.07. The van der Waals surface area contributed by atoms with Gasteiger partial charge in [0.1, 0.15) is 5.82 Å². The van der Waals surface area contributed by atoms with Gasteiger partial charge in [-0.05, 0) is 47.4 Å². The molecule has 0 aliphatic carbocycles. The number of para-hydroxylation sites is 1. The maximum absolute atomic E-state index is 4.60. The van der Waals surface area contributed by atoms with Gasteiger partial charge in [-0.3, -0.25) is 0 Å². The van der Waals surface area contributed by atoms with E-state index in [9.17, 15) is 0 Å². The Morgan fingerprint density at radius 2 is 1.56 bits per heavy atom. The molecule has 0 bridgehead atoms. The molecule has 1 aromatic heterocycles. The Labute approximate surface area is 161 Å². The van der Waals surface area contributed by atoms with Crippen molar-refractivity contribution in [3.63, 3.8) is 0 Å². The van der Waals surface area contributed by atoms with Crippen LogP contribution in [0, 0.1) is 0 Å². The van der Waals surface area contributed by atoms with Gasteiger partial charge >= 0.3 is 0 Å². The summed E-state index contributed by atoms with van der Waals surface area (Å²) >= 11 is 0. The van der Waals surface area contributed by atoms with Gasteiger partial charge in [0, 0.05) is 37.4 Å². The number of aromatic nitrogens is 2. The Bertz CT molecular complexity index is 895. The minimum absolute atomic E-state index is 0.0354. The maximum atomic E-state index is 4.60. The van der Waals surface area contributed by atoms with Gasteiger partial charge in [0.05, 0.1) is 0 Å². The second-order valence-corrected chi connectivity index (χ2v) is 7.75. The average Bonchev–Trinajstić information content (AvgIpc) is 2.62. The van der Waals surface area contributed by atoms with Crippen LogP contribution in [0.1, 0.15) is 26.3 Å². The van der Waals surface area contributed by atoms with Crippen LogP contribution in [-0.4, -0.2) is 24.1 Å². The molecule has 0 saturated heterocycles. The summed E-state index contributed by atoms with van der Waals surface area (Å²) in [5, 5.41) is 6.69. The number of nitrogens with one attached hydrogen (secondary N) is 2. The van der Waals surface area contributed by atoms with Crippen molar-refractivity contribution in [2.24, 2.45) is 0 Å². The van der Waals surface area contributed by atoms with Crippen molar-refractivity contribution in [1.29, 1.82) is 0 Å². The van der Waals surface area contributed by atoms with Crippen LogP contribution in [0.5, 0.6) is 0 Å². The molecule has 0 radical (unpaired) electrons. The number of benzene rings is 2. The Morgan fingerprint density at radius 1 is 0.852 bits per heavy atom. The molecule has 0 aliphatic rings. The van der Waals surface area contributed by atoms with E-state index in [0.29, 0.717) is 5.95 Å². The van der Waals surface area contributed by atoms with Gasteiger partial charge in [-0.2, -0.15) is 4.98 Å². The van der Waals surface area contributed by atoms with Crippen molar-refractivity contribution in [2.75, 3.05) is 29.6 Å². The zero-order chi connectivity index (χ0) is 19.4. The number of hydrogen-bond donors (Lipinski definition) is 2. The topological polar surface area (TPSA) is 53.1 Å². The van der Waals surface area contributed by atoms with E-state index in [0.717, 1.165) is 22.9 Å². The fourth-order valence-corrected chi connectivity index (χ4v) is 2.85. The van der Waals surface area contributed by atoms with E-state index >= 15 is 0 Å². The molecule has 0 unspecified atom stereocenters. The van der Waals surface area contributed by atoms with Crippen molar-refractivity contribution in [1.82, 2.24) is 9.97 Å². The minimum Gasteiger partial charge on any atom is -0.378 e. The van der Waals surface area contributed by atoms with E-state index in [1.165, 1.54) is 5.56 Å². The summed E-state index contributed by atoms with van der Waals surface area (Å²) in [7, 11) is 4.06. The summed E-state index contributed by atoms with van der Waals surface area (Å²) in [6, 6.07) is 18.4. The zero-order valence-corrected chi connectivity index (χ0v) is 16.6. The second kappa shape index (κ2) is 7.66. The molecule has 0 fully saturated rings. The summed E-state index contributed by atoms with van der Waals surface area (Å²) < 4.78 is 0. The molecule has 27 heavy (non-hydrogen) atoms. The molecule has 140 valence electrons. The standard InChI is InChI=1S/C22H27N5/c1-22(2,3)18-8-6-7-9-19(18)25-21-23-15-14-20(26-21)24-16-10-12-17(13-11-16)27(4)5/h6-15H,1-5H3,(H2,23,24,25,26). The van der Waals surface area contributed by atoms with Gasteiger partial charge in [-0.25, -0.2) is 4.98 Å². The largest absolute Gasteiger partial charge is 0.378 e. The van der Waals surface area contributed by atoms with Crippen LogP contribution in [0.25, 0.3) is 0 Å². The lowest BCUT2D eigenvalue weighted by Gasteiger charge is -2.23. The highest BCUT2D eigenvalue weighted by Gasteiger charge is 2.17. The summed E-state index contributed by atoms with van der Waals surface area (Å²) in [5.41, 5.74) is 4.43. The van der Waals surface area contributed by atoms with Crippen LogP contribution in [0.15, 0.2) is 60.8 Å². The van der Waals surface area contributed by atoms with Crippen LogP contribution in [0.3, 0.4) is 0 Å². The predicted octanol–water partition coefficient (Wildman–Crippen LogP) is 5.33. The van der Waals surface area contributed by atoms with Gasteiger partial charge in [0.15, 0.2) is 0 Å². The highest BCUT2D eigenvalue weighted by atomic mass is 15.1. The third kappa shape index (κ3) is 4.76. The smallest absolute Gasteiger partial charge is 0.229 e. The van der Waals surface area contributed by atoms with Crippen LogP contribution in [0.4, 0.5) is 28.8 Å². The quantitative estimate of drug-likeness (QED) is 0.643. The van der Waals surface area contributed by atoms with E-state index in [2.05, 4.69) is 76.6 Å². The third-order valence-corrected chi connectivity index (χ3v) is 4.29.